The summed E-state index contributed by atoms with van der Waals surface area (Å²) in [6, 6.07) is 0. The van der Waals surface area contributed by atoms with Gasteiger partial charge in [0.25, 0.3) is 0 Å². The molecule has 1 atom stereocenters. The molecule has 0 aromatic rings. The summed E-state index contributed by atoms with van der Waals surface area (Å²) in [4.78, 5) is 2.73. The van der Waals surface area contributed by atoms with Gasteiger partial charge >= 0.3 is 0 Å². The number of nitrogens with zero attached hydrogens (tertiary/aromatic N) is 1. The second kappa shape index (κ2) is 18.9. The first-order valence-corrected chi connectivity index (χ1v) is 13.0. The molecule has 28 heavy (non-hydrogen) atoms. The Morgan fingerprint density at radius 2 is 1.25 bits per heavy atom. The molecule has 0 saturated carbocycles. The van der Waals surface area contributed by atoms with Gasteiger partial charge < -0.3 is 9.64 Å². The van der Waals surface area contributed by atoms with Crippen molar-refractivity contribution in [3.05, 3.63) is 0 Å². The molecule has 1 fully saturated rings. The Morgan fingerprint density at radius 3 is 1.75 bits per heavy atom. The molecule has 0 N–H and O–H groups in total. The molecule has 1 saturated heterocycles. The zero-order chi connectivity index (χ0) is 20.3. The zero-order valence-electron chi connectivity index (χ0n) is 19.9. The number of likely N-dealkylation sites (tertiary alicyclic amines) is 1. The summed E-state index contributed by atoms with van der Waals surface area (Å²) in [5.41, 5.74) is 0. The SMILES string of the molecule is CCCCCCCCCCCCCCCN1CCC(C(C)CCCOC)CC1. The van der Waals surface area contributed by atoms with Gasteiger partial charge in [-0.3, -0.25) is 0 Å². The quantitative estimate of drug-likeness (QED) is 0.206. The van der Waals surface area contributed by atoms with Crippen LogP contribution in [0.4, 0.5) is 0 Å². The standard InChI is InChI=1S/C26H53NO/c1-4-5-6-7-8-9-10-11-12-13-14-15-16-21-27-22-19-26(20-23-27)25(2)18-17-24-28-3/h25-26H,4-24H2,1-3H3. The number of ether oxygens (including phenoxy) is 1. The van der Waals surface area contributed by atoms with E-state index in [0.29, 0.717) is 0 Å². The minimum atomic E-state index is 0.883. The summed E-state index contributed by atoms with van der Waals surface area (Å²) in [5, 5.41) is 0. The van der Waals surface area contributed by atoms with Gasteiger partial charge in [-0.25, -0.2) is 0 Å². The predicted molar refractivity (Wildman–Crippen MR) is 125 cm³/mol. The molecule has 1 heterocycles. The monoisotopic (exact) mass is 395 g/mol. The number of unbranched alkanes of at least 4 members (excludes halogenated alkanes) is 12. The van der Waals surface area contributed by atoms with Crippen molar-refractivity contribution in [1.29, 1.82) is 0 Å². The van der Waals surface area contributed by atoms with Crippen LogP contribution in [0.2, 0.25) is 0 Å². The Hall–Kier alpha value is -0.0800. The number of methoxy groups -OCH3 is 1. The number of hydrogen-bond acceptors (Lipinski definition) is 2. The summed E-state index contributed by atoms with van der Waals surface area (Å²) >= 11 is 0. The van der Waals surface area contributed by atoms with E-state index in [-0.39, 0.29) is 0 Å². The molecular formula is C26H53NO. The maximum atomic E-state index is 5.20. The van der Waals surface area contributed by atoms with E-state index in [0.717, 1.165) is 18.4 Å². The highest BCUT2D eigenvalue weighted by Crippen LogP contribution is 2.28. The molecule has 2 heteroatoms. The topological polar surface area (TPSA) is 12.5 Å². The zero-order valence-corrected chi connectivity index (χ0v) is 19.9. The molecule has 0 bridgehead atoms. The molecule has 2 nitrogen and oxygen atoms in total. The Labute approximate surface area is 178 Å². The van der Waals surface area contributed by atoms with Crippen LogP contribution in [-0.2, 0) is 4.74 Å². The van der Waals surface area contributed by atoms with Crippen molar-refractivity contribution in [3.63, 3.8) is 0 Å². The molecule has 1 rings (SSSR count). The van der Waals surface area contributed by atoms with Crippen LogP contribution in [0.5, 0.6) is 0 Å². The lowest BCUT2D eigenvalue weighted by molar-refractivity contribution is 0.136. The molecule has 1 unspecified atom stereocenters. The van der Waals surface area contributed by atoms with Gasteiger partial charge in [0.1, 0.15) is 0 Å². The molecule has 1 aliphatic heterocycles. The number of hydrogen-bond donors (Lipinski definition) is 0. The molecule has 0 aromatic heterocycles. The smallest absolute Gasteiger partial charge is 0.0462 e. The van der Waals surface area contributed by atoms with E-state index < -0.39 is 0 Å². The van der Waals surface area contributed by atoms with Crippen molar-refractivity contribution in [3.8, 4) is 0 Å². The highest BCUT2D eigenvalue weighted by atomic mass is 16.5. The highest BCUT2D eigenvalue weighted by Gasteiger charge is 2.23. The second-order valence-electron chi connectivity index (χ2n) is 9.53. The van der Waals surface area contributed by atoms with Crippen molar-refractivity contribution in [2.45, 2.75) is 123 Å². The summed E-state index contributed by atoms with van der Waals surface area (Å²) < 4.78 is 5.20. The third-order valence-corrected chi connectivity index (χ3v) is 7.02. The average Bonchev–Trinajstić information content (AvgIpc) is 2.72. The van der Waals surface area contributed by atoms with Crippen molar-refractivity contribution in [2.24, 2.45) is 11.8 Å². The van der Waals surface area contributed by atoms with Gasteiger partial charge in [-0.05, 0) is 63.6 Å². The molecule has 0 radical (unpaired) electrons. The Bertz CT molecular complexity index is 312. The maximum Gasteiger partial charge on any atom is 0.0462 e. The summed E-state index contributed by atoms with van der Waals surface area (Å²) in [5.74, 6) is 1.84. The second-order valence-corrected chi connectivity index (χ2v) is 9.53. The van der Waals surface area contributed by atoms with E-state index in [9.17, 15) is 0 Å². The number of piperidine rings is 1. The minimum Gasteiger partial charge on any atom is -0.385 e. The lowest BCUT2D eigenvalue weighted by Crippen LogP contribution is -2.36. The molecule has 168 valence electrons. The third kappa shape index (κ3) is 14.0. The van der Waals surface area contributed by atoms with Crippen molar-refractivity contribution in [1.82, 2.24) is 4.90 Å². The maximum absolute atomic E-state index is 5.20. The van der Waals surface area contributed by atoms with Gasteiger partial charge in [0.2, 0.25) is 0 Å². The van der Waals surface area contributed by atoms with Crippen LogP contribution < -0.4 is 0 Å². The molecule has 0 amide bonds. The van der Waals surface area contributed by atoms with E-state index in [1.165, 1.54) is 129 Å². The molecule has 0 spiro atoms. The van der Waals surface area contributed by atoms with Gasteiger partial charge in [0.15, 0.2) is 0 Å². The Morgan fingerprint density at radius 1 is 0.750 bits per heavy atom. The van der Waals surface area contributed by atoms with Gasteiger partial charge in [0, 0.05) is 13.7 Å². The first kappa shape index (κ1) is 26.0. The van der Waals surface area contributed by atoms with E-state index in [2.05, 4.69) is 18.7 Å². The van der Waals surface area contributed by atoms with Crippen LogP contribution in [0.3, 0.4) is 0 Å². The molecular weight excluding hydrogens is 342 g/mol. The lowest BCUT2D eigenvalue weighted by atomic mass is 9.83. The van der Waals surface area contributed by atoms with Crippen LogP contribution in [0, 0.1) is 11.8 Å². The number of rotatable bonds is 19. The molecule has 0 aromatic carbocycles. The van der Waals surface area contributed by atoms with Crippen LogP contribution in [0.15, 0.2) is 0 Å². The van der Waals surface area contributed by atoms with Crippen LogP contribution in [0.1, 0.15) is 123 Å². The summed E-state index contributed by atoms with van der Waals surface area (Å²) in [6.07, 6.45) is 24.3. The highest BCUT2D eigenvalue weighted by molar-refractivity contribution is 4.76. The van der Waals surface area contributed by atoms with Crippen LogP contribution in [0.25, 0.3) is 0 Å². The summed E-state index contributed by atoms with van der Waals surface area (Å²) in [7, 11) is 1.82. The largest absolute Gasteiger partial charge is 0.385 e. The first-order chi connectivity index (χ1) is 13.8. The third-order valence-electron chi connectivity index (χ3n) is 7.02. The van der Waals surface area contributed by atoms with Gasteiger partial charge in [-0.1, -0.05) is 90.9 Å². The van der Waals surface area contributed by atoms with E-state index in [1.54, 1.807) is 0 Å². The Balaban J connectivity index is 1.84. The fraction of sp³-hybridized carbons (Fsp3) is 1.00. The molecule has 0 aliphatic carbocycles. The first-order valence-electron chi connectivity index (χ1n) is 13.0. The average molecular weight is 396 g/mol. The minimum absolute atomic E-state index is 0.883. The van der Waals surface area contributed by atoms with E-state index in [4.69, 9.17) is 4.74 Å². The fourth-order valence-electron chi connectivity index (χ4n) is 4.88. The Kier molecular flexibility index (Phi) is 17.5. The van der Waals surface area contributed by atoms with Crippen LogP contribution >= 0.6 is 0 Å². The normalized spacial score (nSPS) is 17.2. The van der Waals surface area contributed by atoms with Gasteiger partial charge in [-0.2, -0.15) is 0 Å². The van der Waals surface area contributed by atoms with Crippen LogP contribution in [-0.4, -0.2) is 38.3 Å². The fourth-order valence-corrected chi connectivity index (χ4v) is 4.88. The van der Waals surface area contributed by atoms with Crippen molar-refractivity contribution >= 4 is 0 Å². The van der Waals surface area contributed by atoms with E-state index in [1.807, 2.05) is 7.11 Å². The van der Waals surface area contributed by atoms with Crippen molar-refractivity contribution in [2.75, 3.05) is 33.4 Å². The summed E-state index contributed by atoms with van der Waals surface area (Å²) in [6.45, 7) is 9.73. The van der Waals surface area contributed by atoms with Crippen molar-refractivity contribution < 1.29 is 4.74 Å². The molecule has 1 aliphatic rings. The van der Waals surface area contributed by atoms with Gasteiger partial charge in [0.05, 0.1) is 0 Å². The lowest BCUT2D eigenvalue weighted by Gasteiger charge is -2.35. The van der Waals surface area contributed by atoms with E-state index >= 15 is 0 Å². The predicted octanol–water partition coefficient (Wildman–Crippen LogP) is 7.85. The van der Waals surface area contributed by atoms with Gasteiger partial charge in [-0.15, -0.1) is 0 Å².